The highest BCUT2D eigenvalue weighted by Crippen LogP contribution is 2.36. The van der Waals surface area contributed by atoms with Crippen LogP contribution in [-0.2, 0) is 6.61 Å². The third kappa shape index (κ3) is 5.46. The molecular weight excluding hydrogens is 340 g/mol. The van der Waals surface area contributed by atoms with Gasteiger partial charge in [-0.15, -0.1) is 0 Å². The van der Waals surface area contributed by atoms with E-state index in [2.05, 4.69) is 31.3 Å². The second-order valence-corrected chi connectivity index (χ2v) is 8.13. The van der Waals surface area contributed by atoms with E-state index in [1.807, 2.05) is 30.3 Å². The third-order valence-electron chi connectivity index (χ3n) is 5.11. The molecule has 0 spiro atoms. The molecule has 1 aliphatic carbocycles. The van der Waals surface area contributed by atoms with Gasteiger partial charge in [-0.25, -0.2) is 5.43 Å². The van der Waals surface area contributed by atoms with Crippen LogP contribution in [0.25, 0.3) is 0 Å². The molecule has 0 aliphatic heterocycles. The van der Waals surface area contributed by atoms with Crippen LogP contribution in [0.5, 0.6) is 5.75 Å². The number of hydrogen-bond donors (Lipinski definition) is 1. The van der Waals surface area contributed by atoms with Crippen LogP contribution in [-0.4, -0.2) is 11.6 Å². The van der Waals surface area contributed by atoms with E-state index in [0.29, 0.717) is 17.1 Å². The predicted octanol–water partition coefficient (Wildman–Crippen LogP) is 5.18. The second kappa shape index (κ2) is 8.42. The van der Waals surface area contributed by atoms with Gasteiger partial charge in [-0.1, -0.05) is 39.0 Å². The first kappa shape index (κ1) is 19.2. The van der Waals surface area contributed by atoms with Crippen molar-refractivity contribution in [2.75, 3.05) is 0 Å². The van der Waals surface area contributed by atoms with E-state index in [1.54, 1.807) is 12.1 Å². The molecule has 1 aliphatic rings. The Hall–Kier alpha value is -2.56. The van der Waals surface area contributed by atoms with Crippen LogP contribution in [0.4, 0.5) is 0 Å². The lowest BCUT2D eigenvalue weighted by Gasteiger charge is -2.34. The monoisotopic (exact) mass is 368 g/mol. The lowest BCUT2D eigenvalue weighted by molar-refractivity contribution is 0.0922. The summed E-state index contributed by atoms with van der Waals surface area (Å²) < 4.78 is 11.2. The van der Waals surface area contributed by atoms with E-state index in [0.717, 1.165) is 37.1 Å². The van der Waals surface area contributed by atoms with Crippen LogP contribution in [0.2, 0.25) is 0 Å². The molecule has 2 aromatic rings. The van der Waals surface area contributed by atoms with Crippen molar-refractivity contribution >= 4 is 11.6 Å². The number of hydrazone groups is 1. The number of rotatable bonds is 5. The summed E-state index contributed by atoms with van der Waals surface area (Å²) in [6.45, 7) is 7.15. The molecule has 0 saturated heterocycles. The number of nitrogens with zero attached hydrogens (tertiary/aromatic N) is 1. The molecule has 1 aromatic carbocycles. The number of benzene rings is 1. The maximum atomic E-state index is 12.2. The molecular formula is C22H28N2O3. The normalized spacial score (nSPS) is 17.4. The van der Waals surface area contributed by atoms with E-state index in [4.69, 9.17) is 9.15 Å². The number of amides is 1. The van der Waals surface area contributed by atoms with Crippen LogP contribution in [0.15, 0.2) is 52.0 Å². The second-order valence-electron chi connectivity index (χ2n) is 8.13. The number of hydrogen-bond acceptors (Lipinski definition) is 4. The first-order valence-corrected chi connectivity index (χ1v) is 9.54. The topological polar surface area (TPSA) is 63.8 Å². The van der Waals surface area contributed by atoms with Crippen molar-refractivity contribution in [1.82, 2.24) is 5.43 Å². The number of carbonyl (C=O) groups is 1. The minimum atomic E-state index is -0.327. The minimum Gasteiger partial charge on any atom is -0.486 e. The van der Waals surface area contributed by atoms with Crippen LogP contribution in [0.1, 0.15) is 62.8 Å². The summed E-state index contributed by atoms with van der Waals surface area (Å²) in [4.78, 5) is 12.2. The SMILES string of the molecule is CC(C)(C)C1CCC(=NNC(=O)c2ccc(COc3ccccc3)o2)CC1. The molecule has 0 unspecified atom stereocenters. The lowest BCUT2D eigenvalue weighted by Crippen LogP contribution is -2.27. The van der Waals surface area contributed by atoms with Crippen LogP contribution in [0, 0.1) is 11.3 Å². The first-order valence-electron chi connectivity index (χ1n) is 9.54. The molecule has 0 radical (unpaired) electrons. The molecule has 0 atom stereocenters. The lowest BCUT2D eigenvalue weighted by atomic mass is 9.72. The molecule has 1 fully saturated rings. The van der Waals surface area contributed by atoms with Crippen LogP contribution in [0.3, 0.4) is 0 Å². The van der Waals surface area contributed by atoms with Crippen molar-refractivity contribution in [3.05, 3.63) is 54.0 Å². The zero-order chi connectivity index (χ0) is 19.3. The molecule has 5 heteroatoms. The summed E-state index contributed by atoms with van der Waals surface area (Å²) in [6.07, 6.45) is 4.13. The van der Waals surface area contributed by atoms with Gasteiger partial charge in [-0.3, -0.25) is 4.79 Å². The van der Waals surface area contributed by atoms with Gasteiger partial charge in [0, 0.05) is 5.71 Å². The fraction of sp³-hybridized carbons (Fsp3) is 0.455. The maximum absolute atomic E-state index is 12.2. The first-order chi connectivity index (χ1) is 12.9. The Labute approximate surface area is 160 Å². The average molecular weight is 368 g/mol. The summed E-state index contributed by atoms with van der Waals surface area (Å²) >= 11 is 0. The summed E-state index contributed by atoms with van der Waals surface area (Å²) in [5, 5.41) is 4.30. The highest BCUT2D eigenvalue weighted by Gasteiger charge is 2.28. The molecule has 5 nitrogen and oxygen atoms in total. The Morgan fingerprint density at radius 2 is 1.85 bits per heavy atom. The zero-order valence-corrected chi connectivity index (χ0v) is 16.3. The quantitative estimate of drug-likeness (QED) is 0.740. The van der Waals surface area contributed by atoms with Crippen LogP contribution >= 0.6 is 0 Å². The molecule has 1 amide bonds. The number of carbonyl (C=O) groups excluding carboxylic acids is 1. The van der Waals surface area contributed by atoms with E-state index >= 15 is 0 Å². The average Bonchev–Trinajstić information content (AvgIpc) is 3.14. The Bertz CT molecular complexity index is 777. The summed E-state index contributed by atoms with van der Waals surface area (Å²) in [5.41, 5.74) is 4.02. The standard InChI is InChI=1S/C22H28N2O3/c1-22(2,3)16-9-11-17(12-10-16)23-24-21(25)20-14-13-19(27-20)15-26-18-7-5-4-6-8-18/h4-8,13-14,16H,9-12,15H2,1-3H3,(H,24,25). The Balaban J connectivity index is 1.48. The summed E-state index contributed by atoms with van der Waals surface area (Å²) in [6, 6.07) is 12.9. The van der Waals surface area contributed by atoms with Crippen molar-refractivity contribution in [2.45, 2.75) is 53.1 Å². The van der Waals surface area contributed by atoms with Gasteiger partial charge in [0.05, 0.1) is 0 Å². The molecule has 144 valence electrons. The van der Waals surface area contributed by atoms with E-state index < -0.39 is 0 Å². The number of ether oxygens (including phenoxy) is 1. The van der Waals surface area contributed by atoms with Crippen molar-refractivity contribution in [1.29, 1.82) is 0 Å². The number of para-hydroxylation sites is 1. The van der Waals surface area contributed by atoms with Gasteiger partial charge in [0.2, 0.25) is 0 Å². The van der Waals surface area contributed by atoms with Crippen molar-refractivity contribution in [3.8, 4) is 5.75 Å². The summed E-state index contributed by atoms with van der Waals surface area (Å²) in [5.74, 6) is 1.99. The third-order valence-corrected chi connectivity index (χ3v) is 5.11. The maximum Gasteiger partial charge on any atom is 0.307 e. The van der Waals surface area contributed by atoms with E-state index in [9.17, 15) is 4.79 Å². The fourth-order valence-corrected chi connectivity index (χ4v) is 3.36. The molecule has 1 N–H and O–H groups in total. The molecule has 1 aromatic heterocycles. The highest BCUT2D eigenvalue weighted by atomic mass is 16.5. The Kier molecular flexibility index (Phi) is 5.99. The Morgan fingerprint density at radius 1 is 1.15 bits per heavy atom. The van der Waals surface area contributed by atoms with Gasteiger partial charge in [-0.2, -0.15) is 5.10 Å². The minimum absolute atomic E-state index is 0.245. The molecule has 0 bridgehead atoms. The van der Waals surface area contributed by atoms with Crippen molar-refractivity contribution < 1.29 is 13.9 Å². The van der Waals surface area contributed by atoms with Crippen LogP contribution < -0.4 is 10.2 Å². The van der Waals surface area contributed by atoms with Gasteiger partial charge in [0.1, 0.15) is 18.1 Å². The van der Waals surface area contributed by atoms with E-state index in [1.165, 1.54) is 0 Å². The molecule has 3 rings (SSSR count). The fourth-order valence-electron chi connectivity index (χ4n) is 3.36. The number of furan rings is 1. The molecule has 1 heterocycles. The molecule has 1 saturated carbocycles. The van der Waals surface area contributed by atoms with Gasteiger partial charge in [0.15, 0.2) is 5.76 Å². The van der Waals surface area contributed by atoms with Gasteiger partial charge >= 0.3 is 5.91 Å². The van der Waals surface area contributed by atoms with Crippen molar-refractivity contribution in [3.63, 3.8) is 0 Å². The largest absolute Gasteiger partial charge is 0.486 e. The summed E-state index contributed by atoms with van der Waals surface area (Å²) in [7, 11) is 0. The number of nitrogens with one attached hydrogen (secondary N) is 1. The smallest absolute Gasteiger partial charge is 0.307 e. The van der Waals surface area contributed by atoms with Gasteiger partial charge < -0.3 is 9.15 Å². The molecule has 27 heavy (non-hydrogen) atoms. The van der Waals surface area contributed by atoms with Gasteiger partial charge in [0.25, 0.3) is 0 Å². The highest BCUT2D eigenvalue weighted by molar-refractivity contribution is 5.93. The van der Waals surface area contributed by atoms with E-state index in [-0.39, 0.29) is 18.3 Å². The Morgan fingerprint density at radius 3 is 2.52 bits per heavy atom. The van der Waals surface area contributed by atoms with Crippen molar-refractivity contribution in [2.24, 2.45) is 16.4 Å². The predicted molar refractivity (Wildman–Crippen MR) is 106 cm³/mol. The van der Waals surface area contributed by atoms with Gasteiger partial charge in [-0.05, 0) is 61.3 Å². The zero-order valence-electron chi connectivity index (χ0n) is 16.3.